The molecule has 1 N–H and O–H groups in total. The highest BCUT2D eigenvalue weighted by molar-refractivity contribution is 5.82. The van der Waals surface area contributed by atoms with Crippen LogP contribution in [0.2, 0.25) is 0 Å². The van der Waals surface area contributed by atoms with Crippen LogP contribution in [0.15, 0.2) is 36.5 Å². The van der Waals surface area contributed by atoms with E-state index >= 15 is 0 Å². The van der Waals surface area contributed by atoms with Crippen LogP contribution in [0.1, 0.15) is 6.42 Å². The van der Waals surface area contributed by atoms with E-state index in [1.54, 1.807) is 4.90 Å². The highest BCUT2D eigenvalue weighted by atomic mass is 16.4. The number of carboxylic acid groups (broad SMARTS) is 1. The zero-order valence-corrected chi connectivity index (χ0v) is 10.9. The van der Waals surface area contributed by atoms with Crippen LogP contribution in [0.5, 0.6) is 0 Å². The second-order valence-electron chi connectivity index (χ2n) is 5.52. The van der Waals surface area contributed by atoms with Crippen molar-refractivity contribution < 1.29 is 9.90 Å². The predicted molar refractivity (Wildman–Crippen MR) is 76.0 cm³/mol. The molecule has 5 nitrogen and oxygen atoms in total. The molecule has 0 unspecified atom stereocenters. The van der Waals surface area contributed by atoms with Gasteiger partial charge in [0.1, 0.15) is 0 Å². The van der Waals surface area contributed by atoms with Crippen LogP contribution in [0.25, 0.3) is 10.9 Å². The summed E-state index contributed by atoms with van der Waals surface area (Å²) in [7, 11) is 0. The fraction of sp³-hybridized carbons (Fsp3) is 0.333. The third kappa shape index (κ3) is 1.62. The van der Waals surface area contributed by atoms with Crippen molar-refractivity contribution >= 4 is 22.7 Å². The Morgan fingerprint density at radius 1 is 1.25 bits per heavy atom. The Kier molecular flexibility index (Phi) is 2.36. The van der Waals surface area contributed by atoms with Gasteiger partial charge >= 0.3 is 6.09 Å². The predicted octanol–water partition coefficient (Wildman–Crippen LogP) is 2.18. The summed E-state index contributed by atoms with van der Waals surface area (Å²) < 4.78 is 0. The number of amides is 1. The molecule has 3 heterocycles. The Bertz CT molecular complexity index is 688. The van der Waals surface area contributed by atoms with E-state index in [-0.39, 0.29) is 6.04 Å². The van der Waals surface area contributed by atoms with Gasteiger partial charge in [-0.15, -0.1) is 0 Å². The standard InChI is InChI=1S/C15H15N3O2/c19-15(20)18-9-12-6-13(18)8-17(12)11-5-10-3-1-2-4-14(10)16-7-11/h1-5,7,12-13H,6,8-9H2,(H,19,20)/t12-,13-/m0/s1. The Labute approximate surface area is 116 Å². The van der Waals surface area contributed by atoms with Gasteiger partial charge in [0, 0.05) is 24.5 Å². The highest BCUT2D eigenvalue weighted by Gasteiger charge is 2.45. The number of rotatable bonds is 1. The molecule has 0 spiro atoms. The topological polar surface area (TPSA) is 56.7 Å². The van der Waals surface area contributed by atoms with Crippen molar-refractivity contribution in [2.75, 3.05) is 18.0 Å². The number of carbonyl (C=O) groups is 1. The summed E-state index contributed by atoms with van der Waals surface area (Å²) in [6.07, 6.45) is 2.03. The van der Waals surface area contributed by atoms with Crippen molar-refractivity contribution in [3.8, 4) is 0 Å². The average molecular weight is 269 g/mol. The molecule has 1 aromatic carbocycles. The van der Waals surface area contributed by atoms with E-state index in [1.807, 2.05) is 24.4 Å². The van der Waals surface area contributed by atoms with Crippen LogP contribution in [0.4, 0.5) is 10.5 Å². The minimum Gasteiger partial charge on any atom is -0.465 e. The number of nitrogens with zero attached hydrogens (tertiary/aromatic N) is 3. The van der Waals surface area contributed by atoms with E-state index in [2.05, 4.69) is 22.0 Å². The molecule has 1 aromatic heterocycles. The van der Waals surface area contributed by atoms with Gasteiger partial charge in [0.15, 0.2) is 0 Å². The van der Waals surface area contributed by atoms with Gasteiger partial charge in [-0.2, -0.15) is 0 Å². The molecule has 2 atom stereocenters. The summed E-state index contributed by atoms with van der Waals surface area (Å²) in [6.45, 7) is 1.38. The lowest BCUT2D eigenvalue weighted by atomic mass is 10.2. The minimum atomic E-state index is -0.797. The Hall–Kier alpha value is -2.30. The van der Waals surface area contributed by atoms with Crippen molar-refractivity contribution in [2.24, 2.45) is 0 Å². The second kappa shape index (κ2) is 4.10. The molecule has 2 aromatic rings. The summed E-state index contributed by atoms with van der Waals surface area (Å²) in [6, 6.07) is 10.6. The van der Waals surface area contributed by atoms with Gasteiger partial charge < -0.3 is 14.9 Å². The summed E-state index contributed by atoms with van der Waals surface area (Å²) in [5.41, 5.74) is 2.09. The molecular weight excluding hydrogens is 254 g/mol. The normalized spacial score (nSPS) is 24.6. The molecule has 5 heteroatoms. The first-order chi connectivity index (χ1) is 9.72. The van der Waals surface area contributed by atoms with Gasteiger partial charge in [-0.3, -0.25) is 4.98 Å². The number of pyridine rings is 1. The summed E-state index contributed by atoms with van der Waals surface area (Å²) in [5, 5.41) is 10.3. The fourth-order valence-corrected chi connectivity index (χ4v) is 3.43. The van der Waals surface area contributed by atoms with Crippen molar-refractivity contribution in [3.63, 3.8) is 0 Å². The number of hydrogen-bond acceptors (Lipinski definition) is 3. The van der Waals surface area contributed by atoms with E-state index in [9.17, 15) is 4.79 Å². The maximum atomic E-state index is 11.1. The number of benzene rings is 1. The monoisotopic (exact) mass is 269 g/mol. The molecule has 0 radical (unpaired) electrons. The molecule has 2 aliphatic rings. The molecule has 0 saturated carbocycles. The number of anilines is 1. The van der Waals surface area contributed by atoms with Gasteiger partial charge in [0.2, 0.25) is 0 Å². The molecule has 2 saturated heterocycles. The molecule has 2 fully saturated rings. The smallest absolute Gasteiger partial charge is 0.407 e. The number of fused-ring (bicyclic) bond motifs is 3. The van der Waals surface area contributed by atoms with Crippen LogP contribution in [-0.2, 0) is 0 Å². The van der Waals surface area contributed by atoms with Gasteiger partial charge in [-0.25, -0.2) is 4.79 Å². The zero-order valence-electron chi connectivity index (χ0n) is 10.9. The largest absolute Gasteiger partial charge is 0.465 e. The summed E-state index contributed by atoms with van der Waals surface area (Å²) >= 11 is 0. The molecular formula is C15H15N3O2. The van der Waals surface area contributed by atoms with E-state index in [0.29, 0.717) is 12.6 Å². The molecule has 20 heavy (non-hydrogen) atoms. The van der Waals surface area contributed by atoms with Crippen molar-refractivity contribution in [3.05, 3.63) is 36.5 Å². The van der Waals surface area contributed by atoms with E-state index < -0.39 is 6.09 Å². The number of hydrogen-bond donors (Lipinski definition) is 1. The fourth-order valence-electron chi connectivity index (χ4n) is 3.43. The van der Waals surface area contributed by atoms with Gasteiger partial charge in [0.25, 0.3) is 0 Å². The third-order valence-corrected chi connectivity index (χ3v) is 4.39. The maximum Gasteiger partial charge on any atom is 0.407 e. The van der Waals surface area contributed by atoms with E-state index in [1.165, 1.54) is 0 Å². The SMILES string of the molecule is O=C(O)N1C[C@@H]2C[C@H]1CN2c1cnc2ccccc2c1. The Balaban J connectivity index is 1.64. The number of piperazine rings is 1. The minimum absolute atomic E-state index is 0.129. The number of para-hydroxylation sites is 1. The maximum absolute atomic E-state index is 11.1. The van der Waals surface area contributed by atoms with Crippen LogP contribution in [0.3, 0.4) is 0 Å². The van der Waals surface area contributed by atoms with Crippen molar-refractivity contribution in [2.45, 2.75) is 18.5 Å². The van der Waals surface area contributed by atoms with Crippen LogP contribution in [-0.4, -0.2) is 46.3 Å². The molecule has 0 aliphatic carbocycles. The first-order valence-electron chi connectivity index (χ1n) is 6.83. The number of aromatic nitrogens is 1. The van der Waals surface area contributed by atoms with Crippen molar-refractivity contribution in [1.29, 1.82) is 0 Å². The second-order valence-corrected chi connectivity index (χ2v) is 5.52. The van der Waals surface area contributed by atoms with Crippen LogP contribution < -0.4 is 4.90 Å². The Morgan fingerprint density at radius 2 is 2.10 bits per heavy atom. The summed E-state index contributed by atoms with van der Waals surface area (Å²) in [5.74, 6) is 0. The zero-order chi connectivity index (χ0) is 13.7. The third-order valence-electron chi connectivity index (χ3n) is 4.39. The van der Waals surface area contributed by atoms with Crippen molar-refractivity contribution in [1.82, 2.24) is 9.88 Å². The summed E-state index contributed by atoms with van der Waals surface area (Å²) in [4.78, 5) is 19.5. The van der Waals surface area contributed by atoms with Gasteiger partial charge in [-0.1, -0.05) is 18.2 Å². The lowest BCUT2D eigenvalue weighted by Gasteiger charge is -2.34. The highest BCUT2D eigenvalue weighted by Crippen LogP contribution is 2.35. The molecule has 2 aliphatic heterocycles. The number of likely N-dealkylation sites (tertiary alicyclic amines) is 1. The van der Waals surface area contributed by atoms with Crippen LogP contribution in [0, 0.1) is 0 Å². The first-order valence-corrected chi connectivity index (χ1v) is 6.83. The van der Waals surface area contributed by atoms with E-state index in [4.69, 9.17) is 5.11 Å². The Morgan fingerprint density at radius 3 is 2.85 bits per heavy atom. The molecule has 1 amide bonds. The van der Waals surface area contributed by atoms with Crippen LogP contribution >= 0.6 is 0 Å². The molecule has 102 valence electrons. The average Bonchev–Trinajstić information content (AvgIpc) is 3.07. The quantitative estimate of drug-likeness (QED) is 0.862. The van der Waals surface area contributed by atoms with Gasteiger partial charge in [-0.05, 0) is 18.6 Å². The van der Waals surface area contributed by atoms with Gasteiger partial charge in [0.05, 0.1) is 23.4 Å². The lowest BCUT2D eigenvalue weighted by Crippen LogP contribution is -2.48. The molecule has 2 bridgehead atoms. The van der Waals surface area contributed by atoms with E-state index in [0.717, 1.165) is 29.6 Å². The first kappa shape index (κ1) is 11.5. The molecule has 4 rings (SSSR count). The lowest BCUT2D eigenvalue weighted by molar-refractivity contribution is 0.137.